The SMILES string of the molecule is Nc1cccc(C2c3ccc(C(F)(F)F)cc3Oc3ncnc(N)c32)c1. The van der Waals surface area contributed by atoms with Gasteiger partial charge >= 0.3 is 6.18 Å². The molecule has 2 heterocycles. The highest BCUT2D eigenvalue weighted by atomic mass is 19.4. The van der Waals surface area contributed by atoms with Crippen LogP contribution < -0.4 is 16.2 Å². The maximum atomic E-state index is 13.1. The Bertz CT molecular complexity index is 1000. The van der Waals surface area contributed by atoms with Gasteiger partial charge in [-0.25, -0.2) is 9.97 Å². The van der Waals surface area contributed by atoms with Crippen LogP contribution in [0.1, 0.15) is 28.2 Å². The Balaban J connectivity index is 1.96. The number of rotatable bonds is 1. The summed E-state index contributed by atoms with van der Waals surface area (Å²) in [7, 11) is 0. The molecule has 0 fully saturated rings. The van der Waals surface area contributed by atoms with E-state index in [0.717, 1.165) is 17.7 Å². The number of anilines is 2. The molecule has 4 rings (SSSR count). The fourth-order valence-electron chi connectivity index (χ4n) is 3.13. The number of hydrogen-bond donors (Lipinski definition) is 2. The molecule has 2 aromatic carbocycles. The van der Waals surface area contributed by atoms with E-state index in [4.69, 9.17) is 16.2 Å². The Morgan fingerprint density at radius 3 is 2.54 bits per heavy atom. The first-order valence-corrected chi connectivity index (χ1v) is 7.69. The Morgan fingerprint density at radius 1 is 1.00 bits per heavy atom. The minimum Gasteiger partial charge on any atom is -0.438 e. The Hall–Kier alpha value is -3.29. The van der Waals surface area contributed by atoms with Gasteiger partial charge in [-0.1, -0.05) is 18.2 Å². The van der Waals surface area contributed by atoms with E-state index in [1.165, 1.54) is 12.4 Å². The third kappa shape index (κ3) is 2.59. The van der Waals surface area contributed by atoms with Crippen LogP contribution in [0.25, 0.3) is 0 Å². The van der Waals surface area contributed by atoms with Crippen molar-refractivity contribution in [2.45, 2.75) is 12.1 Å². The third-order valence-electron chi connectivity index (χ3n) is 4.27. The second-order valence-electron chi connectivity index (χ2n) is 5.93. The van der Waals surface area contributed by atoms with Gasteiger partial charge in [0, 0.05) is 17.2 Å². The van der Waals surface area contributed by atoms with Crippen molar-refractivity contribution in [1.82, 2.24) is 9.97 Å². The highest BCUT2D eigenvalue weighted by molar-refractivity contribution is 5.64. The zero-order valence-corrected chi connectivity index (χ0v) is 13.3. The minimum atomic E-state index is -4.48. The molecule has 0 spiro atoms. The highest BCUT2D eigenvalue weighted by Crippen LogP contribution is 2.49. The van der Waals surface area contributed by atoms with E-state index >= 15 is 0 Å². The molecule has 1 aromatic heterocycles. The number of halogens is 3. The Kier molecular flexibility index (Phi) is 3.50. The lowest BCUT2D eigenvalue weighted by Gasteiger charge is -2.29. The second kappa shape index (κ2) is 5.62. The van der Waals surface area contributed by atoms with Gasteiger partial charge in [0.1, 0.15) is 17.9 Å². The molecular weight excluding hydrogens is 345 g/mol. The second-order valence-corrected chi connectivity index (χ2v) is 5.93. The van der Waals surface area contributed by atoms with Crippen LogP contribution in [-0.2, 0) is 6.18 Å². The van der Waals surface area contributed by atoms with Crippen LogP contribution in [0.15, 0.2) is 48.8 Å². The summed E-state index contributed by atoms with van der Waals surface area (Å²) >= 11 is 0. The van der Waals surface area contributed by atoms with Crippen LogP contribution in [0, 0.1) is 0 Å². The molecule has 0 amide bonds. The first kappa shape index (κ1) is 16.2. The molecule has 0 bridgehead atoms. The Labute approximate surface area is 146 Å². The normalized spacial score (nSPS) is 15.7. The van der Waals surface area contributed by atoms with Gasteiger partial charge in [-0.15, -0.1) is 0 Å². The van der Waals surface area contributed by atoms with Gasteiger partial charge in [0.15, 0.2) is 0 Å². The fraction of sp³-hybridized carbons (Fsp3) is 0.111. The summed E-state index contributed by atoms with van der Waals surface area (Å²) in [4.78, 5) is 8.04. The predicted octanol–water partition coefficient (Wildman–Crippen LogP) is 3.95. The van der Waals surface area contributed by atoms with Crippen molar-refractivity contribution in [3.05, 3.63) is 71.0 Å². The summed E-state index contributed by atoms with van der Waals surface area (Å²) in [5, 5.41) is 0. The minimum absolute atomic E-state index is 0.0813. The number of nitrogen functional groups attached to an aromatic ring is 2. The molecular formula is C18H13F3N4O. The van der Waals surface area contributed by atoms with Crippen molar-refractivity contribution in [2.75, 3.05) is 11.5 Å². The lowest BCUT2D eigenvalue weighted by Crippen LogP contribution is -2.17. The van der Waals surface area contributed by atoms with E-state index < -0.39 is 17.7 Å². The molecule has 1 aliphatic heterocycles. The van der Waals surface area contributed by atoms with E-state index in [-0.39, 0.29) is 17.4 Å². The number of nitrogens with zero attached hydrogens (tertiary/aromatic N) is 2. The molecule has 1 atom stereocenters. The van der Waals surface area contributed by atoms with E-state index in [9.17, 15) is 13.2 Å². The van der Waals surface area contributed by atoms with Crippen molar-refractivity contribution in [2.24, 2.45) is 0 Å². The zero-order chi connectivity index (χ0) is 18.5. The summed E-state index contributed by atoms with van der Waals surface area (Å²) in [6.45, 7) is 0. The van der Waals surface area contributed by atoms with Crippen LogP contribution in [0.2, 0.25) is 0 Å². The van der Waals surface area contributed by atoms with Gasteiger partial charge in [0.05, 0.1) is 11.1 Å². The van der Waals surface area contributed by atoms with E-state index in [2.05, 4.69) is 9.97 Å². The van der Waals surface area contributed by atoms with E-state index in [0.29, 0.717) is 16.8 Å². The Morgan fingerprint density at radius 2 is 1.81 bits per heavy atom. The number of fused-ring (bicyclic) bond motifs is 2. The van der Waals surface area contributed by atoms with Gasteiger partial charge in [-0.05, 0) is 29.8 Å². The van der Waals surface area contributed by atoms with E-state index in [1.807, 2.05) is 6.07 Å². The maximum absolute atomic E-state index is 13.1. The monoisotopic (exact) mass is 358 g/mol. The fourth-order valence-corrected chi connectivity index (χ4v) is 3.13. The van der Waals surface area contributed by atoms with Crippen LogP contribution in [0.5, 0.6) is 11.6 Å². The topological polar surface area (TPSA) is 87.0 Å². The molecule has 26 heavy (non-hydrogen) atoms. The summed E-state index contributed by atoms with van der Waals surface area (Å²) in [6, 6.07) is 10.4. The van der Waals surface area contributed by atoms with Crippen LogP contribution in [0.3, 0.4) is 0 Å². The standard InChI is InChI=1S/C18H13F3N4O/c19-18(20,21)10-4-5-12-13(7-10)26-17-15(16(23)24-8-25-17)14(12)9-2-1-3-11(22)6-9/h1-8,14H,22H2,(H2,23,24,25). The quantitative estimate of drug-likeness (QED) is 0.503. The molecule has 0 saturated carbocycles. The van der Waals surface area contributed by atoms with Crippen molar-refractivity contribution in [1.29, 1.82) is 0 Å². The van der Waals surface area contributed by atoms with Crippen LogP contribution >= 0.6 is 0 Å². The smallest absolute Gasteiger partial charge is 0.416 e. The molecule has 1 aliphatic rings. The molecule has 8 heteroatoms. The lowest BCUT2D eigenvalue weighted by molar-refractivity contribution is -0.137. The lowest BCUT2D eigenvalue weighted by atomic mass is 9.83. The molecule has 0 aliphatic carbocycles. The van der Waals surface area contributed by atoms with Gasteiger partial charge in [-0.2, -0.15) is 13.2 Å². The van der Waals surface area contributed by atoms with Gasteiger partial charge in [-0.3, -0.25) is 0 Å². The predicted molar refractivity (Wildman–Crippen MR) is 89.8 cm³/mol. The molecule has 5 nitrogen and oxygen atoms in total. The third-order valence-corrected chi connectivity index (χ3v) is 4.27. The molecule has 1 unspecified atom stereocenters. The van der Waals surface area contributed by atoms with Crippen molar-refractivity contribution in [3.63, 3.8) is 0 Å². The zero-order valence-electron chi connectivity index (χ0n) is 13.3. The molecule has 3 aromatic rings. The number of alkyl halides is 3. The maximum Gasteiger partial charge on any atom is 0.416 e. The van der Waals surface area contributed by atoms with Crippen LogP contribution in [-0.4, -0.2) is 9.97 Å². The number of aromatic nitrogens is 2. The summed E-state index contributed by atoms with van der Waals surface area (Å²) in [5.74, 6) is -0.0664. The number of ether oxygens (including phenoxy) is 1. The number of nitrogens with two attached hydrogens (primary N) is 2. The molecule has 4 N–H and O–H groups in total. The van der Waals surface area contributed by atoms with Crippen molar-refractivity contribution in [3.8, 4) is 11.6 Å². The molecule has 132 valence electrons. The van der Waals surface area contributed by atoms with Gasteiger partial charge < -0.3 is 16.2 Å². The summed E-state index contributed by atoms with van der Waals surface area (Å²) in [5.41, 5.74) is 13.4. The first-order valence-electron chi connectivity index (χ1n) is 7.69. The largest absolute Gasteiger partial charge is 0.438 e. The van der Waals surface area contributed by atoms with Crippen molar-refractivity contribution >= 4 is 11.5 Å². The number of hydrogen-bond acceptors (Lipinski definition) is 5. The van der Waals surface area contributed by atoms with Gasteiger partial charge in [0.25, 0.3) is 0 Å². The average molecular weight is 358 g/mol. The number of benzene rings is 2. The average Bonchev–Trinajstić information content (AvgIpc) is 2.59. The summed E-state index contributed by atoms with van der Waals surface area (Å²) < 4.78 is 44.8. The summed E-state index contributed by atoms with van der Waals surface area (Å²) in [6.07, 6.45) is -3.26. The van der Waals surface area contributed by atoms with Crippen LogP contribution in [0.4, 0.5) is 24.7 Å². The van der Waals surface area contributed by atoms with Gasteiger partial charge in [0.2, 0.25) is 5.88 Å². The first-order chi connectivity index (χ1) is 12.3. The molecule has 0 saturated heterocycles. The molecule has 0 radical (unpaired) electrons. The van der Waals surface area contributed by atoms with Crippen molar-refractivity contribution < 1.29 is 17.9 Å². The van der Waals surface area contributed by atoms with E-state index in [1.54, 1.807) is 18.2 Å². The highest BCUT2D eigenvalue weighted by Gasteiger charge is 2.36.